The van der Waals surface area contributed by atoms with Gasteiger partial charge in [0.25, 0.3) is 5.91 Å². The van der Waals surface area contributed by atoms with Crippen molar-refractivity contribution in [3.05, 3.63) is 60.7 Å². The van der Waals surface area contributed by atoms with E-state index in [1.54, 1.807) is 63.2 Å². The van der Waals surface area contributed by atoms with Crippen molar-refractivity contribution in [3.8, 4) is 5.75 Å². The van der Waals surface area contributed by atoms with Gasteiger partial charge >= 0.3 is 0 Å². The minimum atomic E-state index is -3.95. The number of carbonyl (C=O) groups excluding carboxylic acids is 2. The Balaban J connectivity index is 1.98. The largest absolute Gasteiger partial charge is 0.484 e. The van der Waals surface area contributed by atoms with Gasteiger partial charge in [-0.05, 0) is 45.0 Å². The van der Waals surface area contributed by atoms with Crippen LogP contribution in [0.2, 0.25) is 13.1 Å². The van der Waals surface area contributed by atoms with Crippen molar-refractivity contribution < 1.29 is 22.7 Å². The highest BCUT2D eigenvalue weighted by molar-refractivity contribution is 7.92. The summed E-state index contributed by atoms with van der Waals surface area (Å²) in [5.41, 5.74) is -0.734. The Morgan fingerprint density at radius 1 is 1.06 bits per heavy atom. The Morgan fingerprint density at radius 3 is 2.09 bits per heavy atom. The maximum absolute atomic E-state index is 13.7. The van der Waals surface area contributed by atoms with E-state index in [0.29, 0.717) is 5.75 Å². The Morgan fingerprint density at radius 2 is 1.59 bits per heavy atom. The molecule has 1 heterocycles. The van der Waals surface area contributed by atoms with Crippen LogP contribution < -0.4 is 10.1 Å². The topological polar surface area (TPSA) is 92.8 Å². The molecule has 2 atom stereocenters. The van der Waals surface area contributed by atoms with Gasteiger partial charge in [-0.1, -0.05) is 49.5 Å². The first kappa shape index (κ1) is 24.0. The van der Waals surface area contributed by atoms with Crippen LogP contribution in [0, 0.1) is 0 Å². The molecular weight excluding hydrogens is 444 g/mol. The molecule has 0 saturated carbocycles. The van der Waals surface area contributed by atoms with Gasteiger partial charge in [-0.15, -0.1) is 0 Å². The zero-order valence-corrected chi connectivity index (χ0v) is 21.0. The molecule has 0 aromatic heterocycles. The first-order chi connectivity index (χ1) is 14.9. The number of β-lactam (4-membered cyclic amide) rings is 1. The lowest BCUT2D eigenvalue weighted by atomic mass is 9.95. The van der Waals surface area contributed by atoms with Gasteiger partial charge in [0.05, 0.1) is 13.7 Å². The molecule has 1 fully saturated rings. The molecule has 0 aliphatic carbocycles. The van der Waals surface area contributed by atoms with Gasteiger partial charge in [-0.2, -0.15) is 0 Å². The lowest BCUT2D eigenvalue weighted by Crippen LogP contribution is -2.88. The van der Waals surface area contributed by atoms with E-state index in [2.05, 4.69) is 5.32 Å². The standard InChI is InChI=1S/C23H30N2O5SSi/c1-22(2,3)25-20(27)23(32(4)5,21(25)31(28,29)18-14-10-7-11-15-18)24-19(26)16-30-17-12-8-6-9-13-17/h6-15,21,32H,16H2,1-5H3,(H,24,26)/t21-,23-/m0/s1. The van der Waals surface area contributed by atoms with Crippen LogP contribution in [0.1, 0.15) is 20.8 Å². The molecule has 0 unspecified atom stereocenters. The molecule has 2 aromatic rings. The molecule has 1 saturated heterocycles. The Bertz CT molecular complexity index is 1080. The number of nitrogens with zero attached hydrogens (tertiary/aromatic N) is 1. The highest BCUT2D eigenvalue weighted by Gasteiger charge is 2.70. The van der Waals surface area contributed by atoms with Crippen LogP contribution in [0.3, 0.4) is 0 Å². The van der Waals surface area contributed by atoms with Crippen LogP contribution in [0.25, 0.3) is 0 Å². The number of sulfone groups is 1. The highest BCUT2D eigenvalue weighted by Crippen LogP contribution is 2.44. The summed E-state index contributed by atoms with van der Waals surface area (Å²) in [6.45, 7) is 8.83. The molecule has 7 nitrogen and oxygen atoms in total. The molecule has 32 heavy (non-hydrogen) atoms. The number of nitrogens with one attached hydrogen (secondary N) is 1. The average molecular weight is 475 g/mol. The number of benzene rings is 2. The van der Waals surface area contributed by atoms with E-state index in [1.165, 1.54) is 17.0 Å². The van der Waals surface area contributed by atoms with Gasteiger partial charge in [0, 0.05) is 5.54 Å². The summed E-state index contributed by atoms with van der Waals surface area (Å²) in [6, 6.07) is 16.9. The lowest BCUT2D eigenvalue weighted by Gasteiger charge is -2.61. The number of likely N-dealkylation sites (tertiary alicyclic amines) is 1. The maximum atomic E-state index is 13.7. The molecule has 0 radical (unpaired) electrons. The second-order valence-electron chi connectivity index (χ2n) is 9.23. The van der Waals surface area contributed by atoms with Gasteiger partial charge in [-0.3, -0.25) is 9.59 Å². The summed E-state index contributed by atoms with van der Waals surface area (Å²) in [4.78, 5) is 27.9. The van der Waals surface area contributed by atoms with Gasteiger partial charge in [0.1, 0.15) is 10.9 Å². The molecule has 9 heteroatoms. The number of hydrogen-bond acceptors (Lipinski definition) is 5. The summed E-state index contributed by atoms with van der Waals surface area (Å²) >= 11 is 0. The van der Waals surface area contributed by atoms with E-state index >= 15 is 0 Å². The maximum Gasteiger partial charge on any atom is 0.258 e. The number of para-hydroxylation sites is 1. The van der Waals surface area contributed by atoms with E-state index in [9.17, 15) is 18.0 Å². The van der Waals surface area contributed by atoms with Crippen molar-refractivity contribution in [1.29, 1.82) is 0 Å². The highest BCUT2D eigenvalue weighted by atomic mass is 32.2. The smallest absolute Gasteiger partial charge is 0.258 e. The minimum absolute atomic E-state index is 0.126. The molecule has 2 aromatic carbocycles. The monoisotopic (exact) mass is 474 g/mol. The Hall–Kier alpha value is -2.65. The van der Waals surface area contributed by atoms with Gasteiger partial charge in [0.15, 0.2) is 12.0 Å². The van der Waals surface area contributed by atoms with E-state index in [1.807, 2.05) is 19.2 Å². The first-order valence-electron chi connectivity index (χ1n) is 10.5. The fourth-order valence-electron chi connectivity index (χ4n) is 4.05. The van der Waals surface area contributed by atoms with Crippen molar-refractivity contribution in [2.24, 2.45) is 0 Å². The second kappa shape index (κ2) is 8.71. The predicted molar refractivity (Wildman–Crippen MR) is 126 cm³/mol. The van der Waals surface area contributed by atoms with Crippen LogP contribution in [0.4, 0.5) is 0 Å². The normalized spacial score (nSPS) is 21.2. The molecule has 1 aliphatic rings. The third-order valence-electron chi connectivity index (χ3n) is 5.66. The first-order valence-corrected chi connectivity index (χ1v) is 15.0. The van der Waals surface area contributed by atoms with Gasteiger partial charge in [0.2, 0.25) is 15.7 Å². The third kappa shape index (κ3) is 4.19. The van der Waals surface area contributed by atoms with Gasteiger partial charge < -0.3 is 15.0 Å². The van der Waals surface area contributed by atoms with Gasteiger partial charge in [-0.25, -0.2) is 8.42 Å². The van der Waals surface area contributed by atoms with Crippen molar-refractivity contribution in [2.75, 3.05) is 6.61 Å². The van der Waals surface area contributed by atoms with E-state index < -0.39 is 40.6 Å². The van der Waals surface area contributed by atoms with Crippen LogP contribution in [-0.2, 0) is 19.4 Å². The molecule has 1 N–H and O–H groups in total. The molecule has 1 aliphatic heterocycles. The molecule has 0 bridgehead atoms. The zero-order chi connectivity index (χ0) is 23.7. The lowest BCUT2D eigenvalue weighted by molar-refractivity contribution is -0.161. The van der Waals surface area contributed by atoms with E-state index in [-0.39, 0.29) is 17.4 Å². The molecular formula is C23H30N2O5SSi. The van der Waals surface area contributed by atoms with Crippen molar-refractivity contribution in [3.63, 3.8) is 0 Å². The summed E-state index contributed by atoms with van der Waals surface area (Å²) in [6.07, 6.45) is 0. The fraction of sp³-hybridized carbons (Fsp3) is 0.391. The zero-order valence-electron chi connectivity index (χ0n) is 19.0. The summed E-state index contributed by atoms with van der Waals surface area (Å²) in [5, 5.41) is 0.162. The van der Waals surface area contributed by atoms with E-state index in [0.717, 1.165) is 0 Å². The van der Waals surface area contributed by atoms with E-state index in [4.69, 9.17) is 4.74 Å². The van der Waals surface area contributed by atoms with Crippen molar-refractivity contribution in [1.82, 2.24) is 10.2 Å². The van der Waals surface area contributed by atoms with Crippen LogP contribution in [0.15, 0.2) is 65.6 Å². The molecule has 172 valence electrons. The predicted octanol–water partition coefficient (Wildman–Crippen LogP) is 2.39. The quantitative estimate of drug-likeness (QED) is 0.491. The number of rotatable bonds is 7. The van der Waals surface area contributed by atoms with Crippen LogP contribution >= 0.6 is 0 Å². The number of amides is 2. The second-order valence-corrected chi connectivity index (χ2v) is 14.5. The van der Waals surface area contributed by atoms with Crippen molar-refractivity contribution in [2.45, 2.75) is 54.8 Å². The third-order valence-corrected chi connectivity index (χ3v) is 10.5. The van der Waals surface area contributed by atoms with Crippen molar-refractivity contribution >= 4 is 30.4 Å². The summed E-state index contributed by atoms with van der Waals surface area (Å²) < 4.78 is 33.0. The fourth-order valence-corrected chi connectivity index (χ4v) is 9.34. The summed E-state index contributed by atoms with van der Waals surface area (Å²) in [7, 11) is -6.02. The molecule has 0 spiro atoms. The molecule has 2 amide bonds. The number of hydrogen-bond donors (Lipinski definition) is 1. The Kier molecular flexibility index (Phi) is 6.53. The summed E-state index contributed by atoms with van der Waals surface area (Å²) in [5.74, 6) is -0.363. The Labute approximate surface area is 191 Å². The number of carbonyl (C=O) groups is 2. The number of ether oxygens (including phenoxy) is 1. The average Bonchev–Trinajstić information content (AvgIpc) is 2.74. The van der Waals surface area contributed by atoms with Crippen LogP contribution in [0.5, 0.6) is 5.75 Å². The molecule has 3 rings (SSSR count). The van der Waals surface area contributed by atoms with Crippen LogP contribution in [-0.4, -0.2) is 56.6 Å². The SMILES string of the molecule is C[SiH](C)[C@@]1(NC(=O)COc2ccccc2)C(=O)N(C(C)(C)C)[C@H]1S(=O)(=O)c1ccccc1. The minimum Gasteiger partial charge on any atom is -0.484 e.